The minimum atomic E-state index is -2.12. The van der Waals surface area contributed by atoms with Crippen molar-refractivity contribution in [1.29, 1.82) is 0 Å². The number of rotatable bonds is 13. The maximum atomic E-state index is 11.1. The molecule has 0 aliphatic carbocycles. The molecule has 5 rings (SSSR count). The normalized spacial score (nSPS) is 53.2. The SMILES string of the molecule is OC[C@H]1O[C@H](OC[C@H]2O[C@@H](O[C@H]3[C@H](O)[C@H](O)[C@H](O[C@H]4[C@H](O)[C@H](O)[C@H](O[C@H]5[C@H](O)[C@H](O)[C@H](O)O[C@@H]5CO)O[C@@H]4CO)O[C@@H]3CO)[C@@H](O)[C@@H](O)[C@@H]2O)[C@H](O)[C@@H](O)[C@H]1O. The van der Waals surface area contributed by atoms with Crippen LogP contribution in [0.5, 0.6) is 0 Å². The second kappa shape index (κ2) is 19.6. The van der Waals surface area contributed by atoms with Crippen LogP contribution in [0.3, 0.4) is 0 Å². The molecule has 5 aliphatic heterocycles. The smallest absolute Gasteiger partial charge is 0.187 e. The predicted octanol–water partition coefficient (Wildman–Crippen LogP) is -11.9. The second-order valence-electron chi connectivity index (χ2n) is 14.0. The fourth-order valence-corrected chi connectivity index (χ4v) is 6.93. The maximum absolute atomic E-state index is 11.1. The van der Waals surface area contributed by atoms with Gasteiger partial charge in [0.15, 0.2) is 31.5 Å². The summed E-state index contributed by atoms with van der Waals surface area (Å²) in [5.74, 6) is 0. The standard InChI is InChI=1S/C30H52O26/c31-1-6-11(35)13(37)19(43)27(50-6)48-5-10-12(36)14(38)20(44)28(53-10)55-24-8(3-33)52-30(22(46)16(24)40)56-25-9(4-34)51-29(21(45)17(25)41)54-23-7(2-32)49-26(47)18(42)15(23)39/h6-47H,1-5H2/t6-,7-,8-,9-,10-,11+,12-,13+,14+,15-,16-,17-,18+,19-,20+,21+,22+,23-,24-,25-,26-,27+,28+,29+,30+/m1/s1. The van der Waals surface area contributed by atoms with Gasteiger partial charge in [-0.1, -0.05) is 0 Å². The monoisotopic (exact) mass is 828 g/mol. The number of aliphatic hydroxyl groups excluding tert-OH is 17. The van der Waals surface area contributed by atoms with Gasteiger partial charge in [0, 0.05) is 0 Å². The van der Waals surface area contributed by atoms with E-state index in [1.54, 1.807) is 0 Å². The van der Waals surface area contributed by atoms with E-state index in [1.807, 2.05) is 0 Å². The Bertz CT molecular complexity index is 1200. The summed E-state index contributed by atoms with van der Waals surface area (Å²) in [6, 6.07) is 0. The molecule has 25 atom stereocenters. The van der Waals surface area contributed by atoms with Crippen molar-refractivity contribution in [1.82, 2.24) is 0 Å². The molecule has 0 aromatic heterocycles. The van der Waals surface area contributed by atoms with E-state index in [0.717, 1.165) is 0 Å². The molecule has 0 unspecified atom stereocenters. The first-order chi connectivity index (χ1) is 26.5. The first-order valence-electron chi connectivity index (χ1n) is 17.6. The van der Waals surface area contributed by atoms with Crippen molar-refractivity contribution in [2.75, 3.05) is 33.0 Å². The Hall–Kier alpha value is -1.04. The lowest BCUT2D eigenvalue weighted by molar-refractivity contribution is -0.388. The Labute approximate surface area is 316 Å². The zero-order chi connectivity index (χ0) is 41.3. The van der Waals surface area contributed by atoms with Gasteiger partial charge in [0.2, 0.25) is 0 Å². The molecule has 56 heavy (non-hydrogen) atoms. The van der Waals surface area contributed by atoms with E-state index in [0.29, 0.717) is 0 Å². The van der Waals surface area contributed by atoms with Crippen molar-refractivity contribution in [2.45, 2.75) is 154 Å². The van der Waals surface area contributed by atoms with E-state index >= 15 is 0 Å². The van der Waals surface area contributed by atoms with E-state index in [9.17, 15) is 86.8 Å². The van der Waals surface area contributed by atoms with Crippen molar-refractivity contribution in [3.05, 3.63) is 0 Å². The molecular formula is C30H52O26. The third-order valence-electron chi connectivity index (χ3n) is 10.3. The molecule has 17 N–H and O–H groups in total. The van der Waals surface area contributed by atoms with Gasteiger partial charge >= 0.3 is 0 Å². The van der Waals surface area contributed by atoms with E-state index < -0.39 is 187 Å². The largest absolute Gasteiger partial charge is 0.394 e. The minimum absolute atomic E-state index is 0.725. The lowest BCUT2D eigenvalue weighted by Crippen LogP contribution is -2.67. The van der Waals surface area contributed by atoms with Gasteiger partial charge in [0.1, 0.15) is 122 Å². The summed E-state index contributed by atoms with van der Waals surface area (Å²) in [5.41, 5.74) is 0. The molecule has 26 nitrogen and oxygen atoms in total. The van der Waals surface area contributed by atoms with Gasteiger partial charge in [0.25, 0.3) is 0 Å². The van der Waals surface area contributed by atoms with Crippen LogP contribution in [0.15, 0.2) is 0 Å². The Morgan fingerprint density at radius 1 is 0.304 bits per heavy atom. The summed E-state index contributed by atoms with van der Waals surface area (Å²) in [5, 5.41) is 175. The van der Waals surface area contributed by atoms with Gasteiger partial charge in [-0.2, -0.15) is 0 Å². The summed E-state index contributed by atoms with van der Waals surface area (Å²) in [6.07, 6.45) is -45.5. The fourth-order valence-electron chi connectivity index (χ4n) is 6.93. The molecule has 0 aromatic carbocycles. The third kappa shape index (κ3) is 9.31. The molecule has 0 saturated carbocycles. The topological polar surface area (TPSA) is 427 Å². The highest BCUT2D eigenvalue weighted by molar-refractivity contribution is 4.98. The van der Waals surface area contributed by atoms with E-state index in [-0.39, 0.29) is 0 Å². The van der Waals surface area contributed by atoms with Gasteiger partial charge in [-0.15, -0.1) is 0 Å². The molecule has 5 heterocycles. The minimum Gasteiger partial charge on any atom is -0.394 e. The van der Waals surface area contributed by atoms with Crippen molar-refractivity contribution < 1.29 is 129 Å². The number of hydrogen-bond acceptors (Lipinski definition) is 26. The van der Waals surface area contributed by atoms with Gasteiger partial charge in [-0.25, -0.2) is 0 Å². The lowest BCUT2D eigenvalue weighted by Gasteiger charge is -2.49. The zero-order valence-electron chi connectivity index (χ0n) is 29.2. The van der Waals surface area contributed by atoms with Gasteiger partial charge < -0.3 is 129 Å². The van der Waals surface area contributed by atoms with Crippen molar-refractivity contribution >= 4 is 0 Å². The van der Waals surface area contributed by atoms with Crippen LogP contribution < -0.4 is 0 Å². The lowest BCUT2D eigenvalue weighted by atomic mass is 9.95. The maximum Gasteiger partial charge on any atom is 0.187 e. The number of hydrogen-bond donors (Lipinski definition) is 17. The molecule has 0 aromatic rings. The van der Waals surface area contributed by atoms with Crippen LogP contribution >= 0.6 is 0 Å². The summed E-state index contributed by atoms with van der Waals surface area (Å²) in [4.78, 5) is 0. The van der Waals surface area contributed by atoms with Crippen LogP contribution in [0.2, 0.25) is 0 Å². The first-order valence-corrected chi connectivity index (χ1v) is 17.6. The Morgan fingerprint density at radius 2 is 0.625 bits per heavy atom. The predicted molar refractivity (Wildman–Crippen MR) is 167 cm³/mol. The van der Waals surface area contributed by atoms with Crippen LogP contribution in [0, 0.1) is 0 Å². The molecule has 0 amide bonds. The van der Waals surface area contributed by atoms with E-state index in [1.165, 1.54) is 0 Å². The Balaban J connectivity index is 1.22. The van der Waals surface area contributed by atoms with Crippen LogP contribution in [-0.2, 0) is 42.6 Å². The first kappa shape index (κ1) is 46.0. The Kier molecular flexibility index (Phi) is 16.1. The van der Waals surface area contributed by atoms with Crippen LogP contribution in [-0.4, -0.2) is 273 Å². The van der Waals surface area contributed by atoms with Crippen LogP contribution in [0.4, 0.5) is 0 Å². The van der Waals surface area contributed by atoms with Gasteiger partial charge in [0.05, 0.1) is 33.0 Å². The summed E-state index contributed by atoms with van der Waals surface area (Å²) >= 11 is 0. The molecular weight excluding hydrogens is 776 g/mol. The molecule has 328 valence electrons. The highest BCUT2D eigenvalue weighted by Gasteiger charge is 2.55. The molecule has 5 fully saturated rings. The van der Waals surface area contributed by atoms with E-state index in [4.69, 9.17) is 42.6 Å². The fraction of sp³-hybridized carbons (Fsp3) is 1.00. The quantitative estimate of drug-likeness (QED) is 0.0819. The van der Waals surface area contributed by atoms with Crippen molar-refractivity contribution in [3.63, 3.8) is 0 Å². The zero-order valence-corrected chi connectivity index (χ0v) is 29.2. The van der Waals surface area contributed by atoms with E-state index in [2.05, 4.69) is 0 Å². The average Bonchev–Trinajstić information content (AvgIpc) is 3.19. The highest BCUT2D eigenvalue weighted by atomic mass is 16.8. The molecule has 26 heteroatoms. The molecule has 5 aliphatic rings. The van der Waals surface area contributed by atoms with Crippen molar-refractivity contribution in [3.8, 4) is 0 Å². The summed E-state index contributed by atoms with van der Waals surface area (Å²) in [7, 11) is 0. The van der Waals surface area contributed by atoms with Gasteiger partial charge in [-0.3, -0.25) is 0 Å². The molecule has 5 saturated heterocycles. The second-order valence-corrected chi connectivity index (χ2v) is 14.0. The summed E-state index contributed by atoms with van der Waals surface area (Å²) in [6.45, 7) is -4.26. The highest BCUT2D eigenvalue weighted by Crippen LogP contribution is 2.34. The van der Waals surface area contributed by atoms with Crippen molar-refractivity contribution in [2.24, 2.45) is 0 Å². The van der Waals surface area contributed by atoms with Crippen LogP contribution in [0.25, 0.3) is 0 Å². The number of aliphatic hydroxyl groups is 17. The Morgan fingerprint density at radius 3 is 1.05 bits per heavy atom. The molecule has 0 radical (unpaired) electrons. The molecule has 0 bridgehead atoms. The van der Waals surface area contributed by atoms with Gasteiger partial charge in [-0.05, 0) is 0 Å². The molecule has 0 spiro atoms. The average molecular weight is 829 g/mol. The van der Waals surface area contributed by atoms with Crippen LogP contribution in [0.1, 0.15) is 0 Å². The summed E-state index contributed by atoms with van der Waals surface area (Å²) < 4.78 is 48.9. The number of ether oxygens (including phenoxy) is 9. The third-order valence-corrected chi connectivity index (χ3v) is 10.3.